The maximum Gasteiger partial charge on any atom is 0.395 e. The number of hydrogen-bond acceptors (Lipinski definition) is 4. The molecule has 1 unspecified atom stereocenters. The van der Waals surface area contributed by atoms with Crippen LogP contribution in [-0.2, 0) is 0 Å². The molecule has 0 aliphatic heterocycles. The number of aromatic hydroxyl groups is 1. The van der Waals surface area contributed by atoms with Crippen molar-refractivity contribution < 1.29 is 14.3 Å². The normalized spacial score (nSPS) is 12.9. The van der Waals surface area contributed by atoms with Crippen molar-refractivity contribution in [1.29, 1.82) is 0 Å². The Labute approximate surface area is 122 Å². The number of nitrogens with zero attached hydrogens (tertiary/aromatic N) is 1. The second-order valence-corrected chi connectivity index (χ2v) is 5.77. The minimum Gasteiger partial charge on any atom is -0.504 e. The number of fused-ring (bicyclic) bond motifs is 1. The van der Waals surface area contributed by atoms with Gasteiger partial charge in [-0.05, 0) is 51.3 Å². The molecular weight excluding hydrogens is 366 g/mol. The fourth-order valence-electron chi connectivity index (χ4n) is 1.67. The second-order valence-electron chi connectivity index (χ2n) is 4.06. The van der Waals surface area contributed by atoms with E-state index in [0.717, 1.165) is 12.8 Å². The quantitative estimate of drug-likeness (QED) is 0.842. The molecule has 98 valence electrons. The van der Waals surface area contributed by atoms with E-state index >= 15 is 0 Å². The van der Waals surface area contributed by atoms with Gasteiger partial charge in [-0.25, -0.2) is 0 Å². The van der Waals surface area contributed by atoms with E-state index in [1.165, 1.54) is 0 Å². The Balaban J connectivity index is 2.38. The van der Waals surface area contributed by atoms with E-state index in [1.807, 2.05) is 6.92 Å². The molecule has 4 nitrogen and oxygen atoms in total. The number of phenolic OH excluding ortho intramolecular Hbond substituents is 1. The van der Waals surface area contributed by atoms with Crippen LogP contribution in [0.25, 0.3) is 11.1 Å². The molecular formula is C12H13Br2NO3. The number of halogens is 2. The van der Waals surface area contributed by atoms with Gasteiger partial charge < -0.3 is 14.3 Å². The molecule has 0 aliphatic carbocycles. The van der Waals surface area contributed by atoms with Crippen LogP contribution in [0.15, 0.2) is 19.4 Å². The number of rotatable bonds is 4. The molecule has 6 heteroatoms. The van der Waals surface area contributed by atoms with Crippen LogP contribution in [0.3, 0.4) is 0 Å². The van der Waals surface area contributed by atoms with Crippen molar-refractivity contribution in [3.63, 3.8) is 0 Å². The van der Waals surface area contributed by atoms with E-state index in [1.54, 1.807) is 6.07 Å². The lowest BCUT2D eigenvalue weighted by Crippen LogP contribution is -2.10. The number of phenols is 1. The summed E-state index contributed by atoms with van der Waals surface area (Å²) in [7, 11) is 0. The standard InChI is InChI=1S/C12H13Br2NO3/c1-3-4-6(2)17-12-15-9-10(16)7(13)5-8(14)11(9)18-12/h5-6,16H,3-4H2,1-2H3. The van der Waals surface area contributed by atoms with Crippen LogP contribution in [0.1, 0.15) is 26.7 Å². The predicted molar refractivity (Wildman–Crippen MR) is 76.1 cm³/mol. The lowest BCUT2D eigenvalue weighted by molar-refractivity contribution is 0.157. The van der Waals surface area contributed by atoms with Gasteiger partial charge in [0.1, 0.15) is 6.10 Å². The number of benzene rings is 1. The van der Waals surface area contributed by atoms with E-state index in [-0.39, 0.29) is 17.9 Å². The molecule has 18 heavy (non-hydrogen) atoms. The van der Waals surface area contributed by atoms with Crippen molar-refractivity contribution in [3.05, 3.63) is 15.0 Å². The maximum atomic E-state index is 9.89. The SMILES string of the molecule is CCCC(C)Oc1nc2c(O)c(Br)cc(Br)c2o1. The monoisotopic (exact) mass is 377 g/mol. The number of aromatic nitrogens is 1. The summed E-state index contributed by atoms with van der Waals surface area (Å²) in [5.41, 5.74) is 0.865. The first-order valence-corrected chi connectivity index (χ1v) is 7.25. The molecule has 0 fully saturated rings. The van der Waals surface area contributed by atoms with Crippen LogP contribution in [0, 0.1) is 0 Å². The Morgan fingerprint density at radius 1 is 1.44 bits per heavy atom. The summed E-state index contributed by atoms with van der Waals surface area (Å²) in [6.07, 6.45) is 2.17. The summed E-state index contributed by atoms with van der Waals surface area (Å²) in [4.78, 5) is 4.16. The molecule has 1 heterocycles. The first-order valence-electron chi connectivity index (χ1n) is 5.67. The molecule has 0 aliphatic rings. The predicted octanol–water partition coefficient (Wildman–Crippen LogP) is 4.63. The minimum absolute atomic E-state index is 0.0346. The van der Waals surface area contributed by atoms with Crippen LogP contribution in [0.4, 0.5) is 0 Å². The van der Waals surface area contributed by atoms with Crippen LogP contribution >= 0.6 is 31.9 Å². The van der Waals surface area contributed by atoms with E-state index in [9.17, 15) is 5.11 Å². The third-order valence-corrected chi connectivity index (χ3v) is 3.72. The molecule has 1 aromatic heterocycles. The van der Waals surface area contributed by atoms with E-state index in [0.29, 0.717) is 20.0 Å². The van der Waals surface area contributed by atoms with Crippen LogP contribution in [0.5, 0.6) is 11.8 Å². The smallest absolute Gasteiger partial charge is 0.395 e. The van der Waals surface area contributed by atoms with E-state index < -0.39 is 0 Å². The van der Waals surface area contributed by atoms with Gasteiger partial charge in [0, 0.05) is 0 Å². The Morgan fingerprint density at radius 2 is 2.17 bits per heavy atom. The highest BCUT2D eigenvalue weighted by molar-refractivity contribution is 9.11. The molecule has 0 saturated heterocycles. The van der Waals surface area contributed by atoms with Gasteiger partial charge in [-0.3, -0.25) is 0 Å². The van der Waals surface area contributed by atoms with Crippen LogP contribution in [-0.4, -0.2) is 16.2 Å². The summed E-state index contributed by atoms with van der Waals surface area (Å²) in [6, 6.07) is 1.71. The first kappa shape index (κ1) is 13.7. The first-order chi connectivity index (χ1) is 8.52. The molecule has 1 aromatic carbocycles. The molecule has 1 N–H and O–H groups in total. The Bertz CT molecular complexity index is 568. The lowest BCUT2D eigenvalue weighted by atomic mass is 10.2. The second kappa shape index (κ2) is 5.48. The van der Waals surface area contributed by atoms with Gasteiger partial charge in [0.25, 0.3) is 0 Å². The summed E-state index contributed by atoms with van der Waals surface area (Å²) in [5, 5.41) is 9.89. The Morgan fingerprint density at radius 3 is 2.83 bits per heavy atom. The average Bonchev–Trinajstić information content (AvgIpc) is 2.71. The fourth-order valence-corrected chi connectivity index (χ4v) is 2.89. The molecule has 0 radical (unpaired) electrons. The lowest BCUT2D eigenvalue weighted by Gasteiger charge is -2.08. The fraction of sp³-hybridized carbons (Fsp3) is 0.417. The van der Waals surface area contributed by atoms with Crippen LogP contribution < -0.4 is 4.74 Å². The highest BCUT2D eigenvalue weighted by Gasteiger charge is 2.17. The zero-order valence-electron chi connectivity index (χ0n) is 10.0. The largest absolute Gasteiger partial charge is 0.504 e. The summed E-state index contributed by atoms with van der Waals surface area (Å²) in [6.45, 7) is 4.05. The average molecular weight is 379 g/mol. The Hall–Kier alpha value is -0.750. The van der Waals surface area contributed by atoms with Crippen molar-refractivity contribution in [2.75, 3.05) is 0 Å². The summed E-state index contributed by atoms with van der Waals surface area (Å²) < 4.78 is 12.3. The molecule has 0 bridgehead atoms. The third-order valence-electron chi connectivity index (χ3n) is 2.53. The summed E-state index contributed by atoms with van der Waals surface area (Å²) in [5.74, 6) is 0.0509. The van der Waals surface area contributed by atoms with Gasteiger partial charge in [-0.2, -0.15) is 4.98 Å². The van der Waals surface area contributed by atoms with E-state index in [4.69, 9.17) is 9.15 Å². The number of hydrogen-bond donors (Lipinski definition) is 1. The van der Waals surface area contributed by atoms with Crippen molar-refractivity contribution in [3.8, 4) is 11.8 Å². The van der Waals surface area contributed by atoms with Crippen LogP contribution in [0.2, 0.25) is 0 Å². The molecule has 1 atom stereocenters. The zero-order chi connectivity index (χ0) is 13.3. The highest BCUT2D eigenvalue weighted by Crippen LogP contribution is 2.39. The molecule has 0 amide bonds. The number of ether oxygens (including phenoxy) is 1. The van der Waals surface area contributed by atoms with Gasteiger partial charge in [-0.1, -0.05) is 13.3 Å². The van der Waals surface area contributed by atoms with Crippen molar-refractivity contribution in [2.45, 2.75) is 32.8 Å². The molecule has 2 aromatic rings. The van der Waals surface area contributed by atoms with Crippen molar-refractivity contribution in [2.24, 2.45) is 0 Å². The van der Waals surface area contributed by atoms with Gasteiger partial charge in [0.15, 0.2) is 16.8 Å². The van der Waals surface area contributed by atoms with Crippen molar-refractivity contribution in [1.82, 2.24) is 4.98 Å². The van der Waals surface area contributed by atoms with Gasteiger partial charge >= 0.3 is 6.08 Å². The van der Waals surface area contributed by atoms with E-state index in [2.05, 4.69) is 43.8 Å². The molecule has 2 rings (SSSR count). The summed E-state index contributed by atoms with van der Waals surface area (Å²) >= 11 is 6.61. The van der Waals surface area contributed by atoms with Crippen molar-refractivity contribution >= 4 is 43.0 Å². The third kappa shape index (κ3) is 2.64. The van der Waals surface area contributed by atoms with Gasteiger partial charge in [0.05, 0.1) is 8.95 Å². The van der Waals surface area contributed by atoms with Gasteiger partial charge in [-0.15, -0.1) is 0 Å². The number of oxazole rings is 1. The Kier molecular flexibility index (Phi) is 4.17. The zero-order valence-corrected chi connectivity index (χ0v) is 13.2. The maximum absolute atomic E-state index is 9.89. The molecule has 0 spiro atoms. The molecule has 0 saturated carbocycles. The highest BCUT2D eigenvalue weighted by atomic mass is 79.9. The minimum atomic E-state index is 0.0346. The van der Waals surface area contributed by atoms with Gasteiger partial charge in [0.2, 0.25) is 0 Å². The topological polar surface area (TPSA) is 55.5 Å².